The topological polar surface area (TPSA) is 34.4 Å². The van der Waals surface area contributed by atoms with Gasteiger partial charge in [0.15, 0.2) is 4.80 Å². The third-order valence-electron chi connectivity index (χ3n) is 2.20. The lowest BCUT2D eigenvalue weighted by molar-refractivity contribution is -0.115. The Hall–Kier alpha value is -1.07. The van der Waals surface area contributed by atoms with Crippen molar-refractivity contribution < 1.29 is 4.79 Å². The molecule has 1 heterocycles. The molecule has 1 aromatic heterocycles. The number of carbonyl (C=O) groups excluding carboxylic acids is 1. The lowest BCUT2D eigenvalue weighted by Gasteiger charge is -1.93. The first-order valence-corrected chi connectivity index (χ1v) is 7.04. The molecule has 2 rings (SSSR count). The van der Waals surface area contributed by atoms with Crippen molar-refractivity contribution >= 4 is 39.2 Å². The van der Waals surface area contributed by atoms with E-state index in [4.69, 9.17) is 0 Å². The van der Waals surface area contributed by atoms with Gasteiger partial charge >= 0.3 is 0 Å². The van der Waals surface area contributed by atoms with Crippen molar-refractivity contribution in [1.82, 2.24) is 4.57 Å². The maximum absolute atomic E-state index is 11.4. The second-order valence-electron chi connectivity index (χ2n) is 3.35. The highest BCUT2D eigenvalue weighted by Crippen LogP contribution is 2.15. The van der Waals surface area contributed by atoms with Crippen LogP contribution in [-0.2, 0) is 11.8 Å². The highest BCUT2D eigenvalue weighted by molar-refractivity contribution is 7.99. The van der Waals surface area contributed by atoms with Gasteiger partial charge in [-0.1, -0.05) is 23.5 Å². The molecule has 0 radical (unpaired) electrons. The first-order chi connectivity index (χ1) is 7.72. The van der Waals surface area contributed by atoms with E-state index in [0.717, 1.165) is 15.0 Å². The summed E-state index contributed by atoms with van der Waals surface area (Å²) in [7, 11) is 1.93. The summed E-state index contributed by atoms with van der Waals surface area (Å²) >= 11 is 3.04. The number of para-hydroxylation sites is 1. The number of nitrogens with zero attached hydrogens (tertiary/aromatic N) is 2. The van der Waals surface area contributed by atoms with Gasteiger partial charge < -0.3 is 4.57 Å². The molecule has 2 aromatic rings. The third-order valence-corrected chi connectivity index (χ3v) is 3.85. The van der Waals surface area contributed by atoms with E-state index in [0.29, 0.717) is 5.75 Å². The molecule has 84 valence electrons. The zero-order chi connectivity index (χ0) is 11.5. The molecule has 0 atom stereocenters. The van der Waals surface area contributed by atoms with Crippen molar-refractivity contribution in [2.75, 3.05) is 12.0 Å². The molecular weight excluding hydrogens is 240 g/mol. The molecule has 5 heteroatoms. The molecule has 0 aliphatic heterocycles. The first-order valence-electron chi connectivity index (χ1n) is 4.83. The van der Waals surface area contributed by atoms with Crippen LogP contribution >= 0.6 is 23.1 Å². The standard InChI is InChI=1S/C11H12N2OS2/c1-13-8-5-3-4-6-9(8)16-11(13)12-10(14)7-15-2/h3-6H,7H2,1-2H3. The van der Waals surface area contributed by atoms with Crippen LogP contribution in [-0.4, -0.2) is 22.5 Å². The average molecular weight is 252 g/mol. The fourth-order valence-electron chi connectivity index (χ4n) is 1.45. The predicted molar refractivity (Wildman–Crippen MR) is 69.7 cm³/mol. The molecule has 0 spiro atoms. The average Bonchev–Trinajstić information content (AvgIpc) is 2.57. The normalized spacial score (nSPS) is 12.2. The van der Waals surface area contributed by atoms with Crippen LogP contribution < -0.4 is 4.80 Å². The van der Waals surface area contributed by atoms with Gasteiger partial charge in [0.05, 0.1) is 16.0 Å². The number of hydrogen-bond acceptors (Lipinski definition) is 3. The Morgan fingerprint density at radius 2 is 2.25 bits per heavy atom. The van der Waals surface area contributed by atoms with Gasteiger partial charge in [-0.2, -0.15) is 16.8 Å². The van der Waals surface area contributed by atoms with Gasteiger partial charge in [0.1, 0.15) is 0 Å². The van der Waals surface area contributed by atoms with Gasteiger partial charge in [-0.25, -0.2) is 0 Å². The number of hydrogen-bond donors (Lipinski definition) is 0. The lowest BCUT2D eigenvalue weighted by atomic mass is 10.3. The van der Waals surface area contributed by atoms with Gasteiger partial charge in [0, 0.05) is 7.05 Å². The van der Waals surface area contributed by atoms with Gasteiger partial charge in [0.2, 0.25) is 0 Å². The Bertz CT molecular complexity index is 583. The van der Waals surface area contributed by atoms with E-state index in [1.54, 1.807) is 11.3 Å². The minimum absolute atomic E-state index is 0.0744. The highest BCUT2D eigenvalue weighted by atomic mass is 32.2. The van der Waals surface area contributed by atoms with Crippen LogP contribution in [0.2, 0.25) is 0 Å². The summed E-state index contributed by atoms with van der Waals surface area (Å²) in [6.45, 7) is 0. The number of benzene rings is 1. The number of amides is 1. The Morgan fingerprint density at radius 1 is 1.50 bits per heavy atom. The molecule has 1 amide bonds. The minimum atomic E-state index is -0.0744. The van der Waals surface area contributed by atoms with Crippen molar-refractivity contribution in [2.45, 2.75) is 0 Å². The zero-order valence-electron chi connectivity index (χ0n) is 9.14. The Kier molecular flexibility index (Phi) is 3.46. The van der Waals surface area contributed by atoms with E-state index >= 15 is 0 Å². The second kappa shape index (κ2) is 4.84. The number of rotatable bonds is 2. The van der Waals surface area contributed by atoms with Gasteiger partial charge in [-0.05, 0) is 18.4 Å². The van der Waals surface area contributed by atoms with Crippen LogP contribution in [0.3, 0.4) is 0 Å². The molecule has 0 saturated carbocycles. The van der Waals surface area contributed by atoms with E-state index in [1.165, 1.54) is 11.8 Å². The van der Waals surface area contributed by atoms with Gasteiger partial charge in [-0.15, -0.1) is 0 Å². The molecule has 0 fully saturated rings. The second-order valence-corrected chi connectivity index (χ2v) is 5.23. The molecule has 0 aliphatic carbocycles. The number of carbonyl (C=O) groups is 1. The number of thioether (sulfide) groups is 1. The maximum Gasteiger partial charge on any atom is 0.258 e. The van der Waals surface area contributed by atoms with E-state index in [-0.39, 0.29) is 5.91 Å². The Labute approximate surface area is 102 Å². The van der Waals surface area contributed by atoms with Crippen molar-refractivity contribution in [3.63, 3.8) is 0 Å². The summed E-state index contributed by atoms with van der Waals surface area (Å²) in [6, 6.07) is 8.05. The van der Waals surface area contributed by atoms with Crippen LogP contribution in [0.15, 0.2) is 29.3 Å². The molecule has 16 heavy (non-hydrogen) atoms. The first kappa shape index (κ1) is 11.4. The summed E-state index contributed by atoms with van der Waals surface area (Å²) in [4.78, 5) is 16.3. The SMILES string of the molecule is CSCC(=O)N=c1sc2ccccc2n1C. The quantitative estimate of drug-likeness (QED) is 0.819. The number of thiazole rings is 1. The number of aromatic nitrogens is 1. The fraction of sp³-hybridized carbons (Fsp3) is 0.273. The van der Waals surface area contributed by atoms with Crippen molar-refractivity contribution in [3.8, 4) is 0 Å². The van der Waals surface area contributed by atoms with E-state index < -0.39 is 0 Å². The molecular formula is C11H12N2OS2. The Balaban J connectivity index is 2.53. The van der Waals surface area contributed by atoms with Crippen LogP contribution in [0.5, 0.6) is 0 Å². The van der Waals surface area contributed by atoms with Crippen molar-refractivity contribution in [2.24, 2.45) is 12.0 Å². The third kappa shape index (κ3) is 2.20. The maximum atomic E-state index is 11.4. The summed E-state index contributed by atoms with van der Waals surface area (Å²) in [6.07, 6.45) is 1.90. The summed E-state index contributed by atoms with van der Waals surface area (Å²) in [5.74, 6) is 0.364. The zero-order valence-corrected chi connectivity index (χ0v) is 10.8. The molecule has 3 nitrogen and oxygen atoms in total. The minimum Gasteiger partial charge on any atom is -0.319 e. The van der Waals surface area contributed by atoms with Crippen molar-refractivity contribution in [1.29, 1.82) is 0 Å². The molecule has 0 unspecified atom stereocenters. The highest BCUT2D eigenvalue weighted by Gasteiger charge is 2.03. The van der Waals surface area contributed by atoms with E-state index in [2.05, 4.69) is 4.99 Å². The monoisotopic (exact) mass is 252 g/mol. The summed E-state index contributed by atoms with van der Waals surface area (Å²) in [5, 5.41) is 0. The number of aryl methyl sites for hydroxylation is 1. The van der Waals surface area contributed by atoms with Gasteiger partial charge in [-0.3, -0.25) is 4.79 Å². The van der Waals surface area contributed by atoms with E-state index in [1.807, 2.05) is 42.1 Å². The largest absolute Gasteiger partial charge is 0.319 e. The summed E-state index contributed by atoms with van der Waals surface area (Å²) in [5.41, 5.74) is 1.11. The van der Waals surface area contributed by atoms with Crippen molar-refractivity contribution in [3.05, 3.63) is 29.1 Å². The van der Waals surface area contributed by atoms with E-state index in [9.17, 15) is 4.79 Å². The molecule has 0 N–H and O–H groups in total. The van der Waals surface area contributed by atoms with Crippen LogP contribution in [0, 0.1) is 0 Å². The molecule has 0 bridgehead atoms. The molecule has 0 saturated heterocycles. The molecule has 1 aromatic carbocycles. The Morgan fingerprint density at radius 3 is 2.94 bits per heavy atom. The number of fused-ring (bicyclic) bond motifs is 1. The summed E-state index contributed by atoms with van der Waals surface area (Å²) < 4.78 is 3.11. The van der Waals surface area contributed by atoms with Gasteiger partial charge in [0.25, 0.3) is 5.91 Å². The van der Waals surface area contributed by atoms with Crippen LogP contribution in [0.4, 0.5) is 0 Å². The predicted octanol–water partition coefficient (Wildman–Crippen LogP) is 2.03. The smallest absolute Gasteiger partial charge is 0.258 e. The van der Waals surface area contributed by atoms with Crippen LogP contribution in [0.25, 0.3) is 10.2 Å². The van der Waals surface area contributed by atoms with Crippen LogP contribution in [0.1, 0.15) is 0 Å². The molecule has 0 aliphatic rings. The lowest BCUT2D eigenvalue weighted by Crippen LogP contribution is -2.13. The fourth-order valence-corrected chi connectivity index (χ4v) is 2.80.